The summed E-state index contributed by atoms with van der Waals surface area (Å²) in [5, 5.41) is 20.1. The molecule has 0 radical (unpaired) electrons. The van der Waals surface area contributed by atoms with Crippen LogP contribution in [0.2, 0.25) is 0 Å². The molecule has 0 bridgehead atoms. The maximum Gasteiger partial charge on any atom is 0.311 e. The summed E-state index contributed by atoms with van der Waals surface area (Å²) in [4.78, 5) is 12.5. The predicted molar refractivity (Wildman–Crippen MR) is 71.7 cm³/mol. The molecule has 0 spiro atoms. The minimum absolute atomic E-state index is 0.0260. The van der Waals surface area contributed by atoms with Crippen LogP contribution in [-0.2, 0) is 0 Å². The molecule has 1 aromatic carbocycles. The fourth-order valence-corrected chi connectivity index (χ4v) is 2.46. The highest BCUT2D eigenvalue weighted by Gasteiger charge is 2.22. The van der Waals surface area contributed by atoms with Gasteiger partial charge >= 0.3 is 5.69 Å². The van der Waals surface area contributed by atoms with Crippen molar-refractivity contribution in [3.63, 3.8) is 0 Å². The SMILES string of the molecule is COc1cc(N2CCC[C@@H](CO)C2)ccc1[N+](=O)[O-]. The normalized spacial score (nSPS) is 19.3. The topological polar surface area (TPSA) is 75.8 Å². The summed E-state index contributed by atoms with van der Waals surface area (Å²) in [5.41, 5.74) is 0.877. The van der Waals surface area contributed by atoms with Crippen molar-refractivity contribution in [2.75, 3.05) is 31.7 Å². The summed E-state index contributed by atoms with van der Waals surface area (Å²) < 4.78 is 5.07. The summed E-state index contributed by atoms with van der Waals surface area (Å²) in [5.74, 6) is 0.545. The van der Waals surface area contributed by atoms with Crippen molar-refractivity contribution in [1.29, 1.82) is 0 Å². The molecule has 0 aliphatic carbocycles. The lowest BCUT2D eigenvalue weighted by Crippen LogP contribution is -2.36. The van der Waals surface area contributed by atoms with Gasteiger partial charge in [-0.05, 0) is 24.8 Å². The summed E-state index contributed by atoms with van der Waals surface area (Å²) in [6, 6.07) is 4.90. The number of nitro groups is 1. The van der Waals surface area contributed by atoms with Crippen LogP contribution in [0, 0.1) is 16.0 Å². The van der Waals surface area contributed by atoms with Gasteiger partial charge in [-0.1, -0.05) is 0 Å². The van der Waals surface area contributed by atoms with Crippen molar-refractivity contribution in [2.24, 2.45) is 5.92 Å². The van der Waals surface area contributed by atoms with E-state index in [1.807, 2.05) is 0 Å². The van der Waals surface area contributed by atoms with E-state index < -0.39 is 4.92 Å². The number of aliphatic hydroxyl groups excluding tert-OH is 1. The van der Waals surface area contributed by atoms with Crippen molar-refractivity contribution in [3.8, 4) is 5.75 Å². The second-order valence-electron chi connectivity index (χ2n) is 4.75. The van der Waals surface area contributed by atoms with Crippen LogP contribution >= 0.6 is 0 Å². The van der Waals surface area contributed by atoms with Crippen molar-refractivity contribution in [2.45, 2.75) is 12.8 Å². The van der Waals surface area contributed by atoms with Crippen molar-refractivity contribution >= 4 is 11.4 Å². The van der Waals surface area contributed by atoms with Gasteiger partial charge in [-0.25, -0.2) is 0 Å². The molecule has 6 heteroatoms. The number of benzene rings is 1. The minimum atomic E-state index is -0.449. The van der Waals surface area contributed by atoms with Gasteiger partial charge in [0.2, 0.25) is 0 Å². The van der Waals surface area contributed by atoms with Crippen molar-refractivity contribution in [1.82, 2.24) is 0 Å². The number of methoxy groups -OCH3 is 1. The average molecular weight is 266 g/mol. The number of nitrogens with zero attached hydrogens (tertiary/aromatic N) is 2. The van der Waals surface area contributed by atoms with Crippen molar-refractivity contribution < 1.29 is 14.8 Å². The van der Waals surface area contributed by atoms with Gasteiger partial charge in [-0.3, -0.25) is 10.1 Å². The smallest absolute Gasteiger partial charge is 0.311 e. The first kappa shape index (κ1) is 13.6. The third-order valence-corrected chi connectivity index (χ3v) is 3.50. The number of piperidine rings is 1. The molecule has 19 heavy (non-hydrogen) atoms. The molecule has 1 heterocycles. The number of rotatable bonds is 4. The standard InChI is InChI=1S/C13H18N2O4/c1-19-13-7-11(4-5-12(13)15(17)18)14-6-2-3-10(8-14)9-16/h4-5,7,10,16H,2-3,6,8-9H2,1H3/t10-/m1/s1. The Kier molecular flexibility index (Phi) is 4.21. The molecule has 0 unspecified atom stereocenters. The monoisotopic (exact) mass is 266 g/mol. The predicted octanol–water partition coefficient (Wildman–Crippen LogP) is 1.81. The molecule has 1 N–H and O–H groups in total. The third-order valence-electron chi connectivity index (χ3n) is 3.50. The number of nitro benzene ring substituents is 1. The van der Waals surface area contributed by atoms with E-state index in [2.05, 4.69) is 4.90 Å². The molecular formula is C13H18N2O4. The Morgan fingerprint density at radius 2 is 2.37 bits per heavy atom. The molecule has 6 nitrogen and oxygen atoms in total. The molecule has 1 saturated heterocycles. The minimum Gasteiger partial charge on any atom is -0.490 e. The second kappa shape index (κ2) is 5.88. The lowest BCUT2D eigenvalue weighted by Gasteiger charge is -2.33. The maximum atomic E-state index is 10.8. The number of ether oxygens (including phenoxy) is 1. The van der Waals surface area contributed by atoms with E-state index in [9.17, 15) is 15.2 Å². The highest BCUT2D eigenvalue weighted by atomic mass is 16.6. The fraction of sp³-hybridized carbons (Fsp3) is 0.538. The average Bonchev–Trinajstić information content (AvgIpc) is 2.46. The van der Waals surface area contributed by atoms with Gasteiger partial charge in [-0.2, -0.15) is 0 Å². The highest BCUT2D eigenvalue weighted by molar-refractivity contribution is 5.59. The van der Waals surface area contributed by atoms with Crippen LogP contribution in [0.4, 0.5) is 11.4 Å². The van der Waals surface area contributed by atoms with Crippen LogP contribution in [0.3, 0.4) is 0 Å². The Labute approximate surface area is 111 Å². The maximum absolute atomic E-state index is 10.8. The van der Waals surface area contributed by atoms with E-state index in [0.29, 0.717) is 0 Å². The first-order chi connectivity index (χ1) is 9.15. The molecule has 1 atom stereocenters. The van der Waals surface area contributed by atoms with Crippen LogP contribution in [0.1, 0.15) is 12.8 Å². The number of aliphatic hydroxyl groups is 1. The third kappa shape index (κ3) is 2.96. The number of anilines is 1. The van der Waals surface area contributed by atoms with Crippen LogP contribution in [0.5, 0.6) is 5.75 Å². The van der Waals surface area contributed by atoms with E-state index in [1.165, 1.54) is 13.2 Å². The molecule has 1 aliphatic heterocycles. The molecule has 1 aliphatic rings. The van der Waals surface area contributed by atoms with Crippen LogP contribution in [-0.4, -0.2) is 36.8 Å². The quantitative estimate of drug-likeness (QED) is 0.664. The van der Waals surface area contributed by atoms with E-state index in [-0.39, 0.29) is 24.0 Å². The zero-order valence-corrected chi connectivity index (χ0v) is 10.9. The molecule has 0 aromatic heterocycles. The molecule has 1 aromatic rings. The van der Waals surface area contributed by atoms with E-state index in [1.54, 1.807) is 12.1 Å². The fourth-order valence-electron chi connectivity index (χ4n) is 2.46. The molecule has 1 fully saturated rings. The number of hydrogen-bond acceptors (Lipinski definition) is 5. The first-order valence-corrected chi connectivity index (χ1v) is 6.34. The Balaban J connectivity index is 2.23. The Hall–Kier alpha value is -1.82. The van der Waals surface area contributed by atoms with Gasteiger partial charge in [-0.15, -0.1) is 0 Å². The summed E-state index contributed by atoms with van der Waals surface area (Å²) >= 11 is 0. The van der Waals surface area contributed by atoms with Gasteiger partial charge in [0, 0.05) is 37.5 Å². The molecule has 0 amide bonds. The Bertz CT molecular complexity index is 464. The lowest BCUT2D eigenvalue weighted by molar-refractivity contribution is -0.385. The lowest BCUT2D eigenvalue weighted by atomic mass is 9.98. The van der Waals surface area contributed by atoms with Gasteiger partial charge in [0.15, 0.2) is 5.75 Å². The van der Waals surface area contributed by atoms with E-state index >= 15 is 0 Å². The van der Waals surface area contributed by atoms with Crippen LogP contribution < -0.4 is 9.64 Å². The van der Waals surface area contributed by atoms with Crippen LogP contribution in [0.25, 0.3) is 0 Å². The van der Waals surface area contributed by atoms with Gasteiger partial charge in [0.25, 0.3) is 0 Å². The zero-order valence-electron chi connectivity index (χ0n) is 10.9. The molecule has 2 rings (SSSR count). The Morgan fingerprint density at radius 1 is 1.58 bits per heavy atom. The molecule has 0 saturated carbocycles. The van der Waals surface area contributed by atoms with E-state index in [0.717, 1.165) is 31.6 Å². The first-order valence-electron chi connectivity index (χ1n) is 6.34. The second-order valence-corrected chi connectivity index (χ2v) is 4.75. The summed E-state index contributed by atoms with van der Waals surface area (Å²) in [6.45, 7) is 1.86. The number of hydrogen-bond donors (Lipinski definition) is 1. The summed E-state index contributed by atoms with van der Waals surface area (Å²) in [7, 11) is 1.43. The zero-order chi connectivity index (χ0) is 13.8. The van der Waals surface area contributed by atoms with Gasteiger partial charge < -0.3 is 14.7 Å². The summed E-state index contributed by atoms with van der Waals surface area (Å²) in [6.07, 6.45) is 2.04. The Morgan fingerprint density at radius 3 is 3.00 bits per heavy atom. The van der Waals surface area contributed by atoms with Crippen LogP contribution in [0.15, 0.2) is 18.2 Å². The van der Waals surface area contributed by atoms with Gasteiger partial charge in [0.05, 0.1) is 12.0 Å². The molecular weight excluding hydrogens is 248 g/mol. The van der Waals surface area contributed by atoms with Crippen molar-refractivity contribution in [3.05, 3.63) is 28.3 Å². The highest BCUT2D eigenvalue weighted by Crippen LogP contribution is 2.32. The van der Waals surface area contributed by atoms with Gasteiger partial charge in [0.1, 0.15) is 0 Å². The van der Waals surface area contributed by atoms with E-state index in [4.69, 9.17) is 4.74 Å². The largest absolute Gasteiger partial charge is 0.490 e. The molecule has 104 valence electrons.